The van der Waals surface area contributed by atoms with E-state index in [2.05, 4.69) is 19.2 Å². The summed E-state index contributed by atoms with van der Waals surface area (Å²) < 4.78 is 19.2. The first-order chi connectivity index (χ1) is 17.4. The minimum atomic E-state index is -0.808. The van der Waals surface area contributed by atoms with Crippen LogP contribution in [0.25, 0.3) is 0 Å². The second-order valence-corrected chi connectivity index (χ2v) is 11.1. The van der Waals surface area contributed by atoms with Gasteiger partial charge in [-0.15, -0.1) is 0 Å². The lowest BCUT2D eigenvalue weighted by molar-refractivity contribution is -0.575. The van der Waals surface area contributed by atoms with E-state index in [1.54, 1.807) is 12.1 Å². The zero-order valence-corrected chi connectivity index (χ0v) is 21.1. The first kappa shape index (κ1) is 23.9. The van der Waals surface area contributed by atoms with E-state index in [0.29, 0.717) is 29.7 Å². The monoisotopic (exact) mass is 493 g/mol. The molecule has 1 saturated carbocycles. The van der Waals surface area contributed by atoms with Crippen LogP contribution in [0, 0.1) is 23.7 Å². The summed E-state index contributed by atoms with van der Waals surface area (Å²) in [6, 6.07) is 17.1. The molecule has 5 aliphatic rings. The molecule has 0 radical (unpaired) electrons. The largest absolute Gasteiger partial charge is 0.465 e. The van der Waals surface area contributed by atoms with Gasteiger partial charge in [0.25, 0.3) is 5.91 Å². The molecule has 36 heavy (non-hydrogen) atoms. The van der Waals surface area contributed by atoms with Crippen LogP contribution >= 0.6 is 0 Å². The fourth-order valence-corrected chi connectivity index (χ4v) is 6.71. The first-order valence-electron chi connectivity index (χ1n) is 13.2. The normalized spacial score (nSPS) is 39.1. The van der Waals surface area contributed by atoms with Crippen LogP contribution in [0.5, 0.6) is 5.75 Å². The number of benzene rings is 2. The fraction of sp³-hybridized carbons (Fsp3) is 0.552. The van der Waals surface area contributed by atoms with Crippen LogP contribution in [0.2, 0.25) is 0 Å². The van der Waals surface area contributed by atoms with Gasteiger partial charge in [0.05, 0.1) is 0 Å². The minimum absolute atomic E-state index is 0.0831. The van der Waals surface area contributed by atoms with Crippen molar-refractivity contribution in [2.75, 3.05) is 0 Å². The van der Waals surface area contributed by atoms with Gasteiger partial charge in [-0.3, -0.25) is 4.79 Å². The van der Waals surface area contributed by atoms with Gasteiger partial charge in [0, 0.05) is 30.4 Å². The van der Waals surface area contributed by atoms with Gasteiger partial charge in [-0.05, 0) is 67.9 Å². The van der Waals surface area contributed by atoms with Crippen LogP contribution in [-0.2, 0) is 25.8 Å². The highest BCUT2D eigenvalue weighted by Crippen LogP contribution is 2.60. The lowest BCUT2D eigenvalue weighted by Crippen LogP contribution is -2.70. The maximum atomic E-state index is 12.6. The maximum Gasteiger partial charge on any atom is 0.251 e. The molecule has 7 rings (SSSR count). The van der Waals surface area contributed by atoms with Crippen molar-refractivity contribution in [3.63, 3.8) is 0 Å². The third-order valence-electron chi connectivity index (χ3n) is 8.76. The molecule has 1 spiro atoms. The van der Waals surface area contributed by atoms with E-state index < -0.39 is 24.0 Å². The Morgan fingerprint density at radius 1 is 1.00 bits per heavy atom. The zero-order chi connectivity index (χ0) is 24.9. The number of amides is 1. The molecule has 7 nitrogen and oxygen atoms in total. The quantitative estimate of drug-likeness (QED) is 0.577. The Morgan fingerprint density at radius 3 is 2.56 bits per heavy atom. The van der Waals surface area contributed by atoms with Crippen LogP contribution in [0.15, 0.2) is 54.6 Å². The molecule has 1 N–H and O–H groups in total. The Balaban J connectivity index is 1.16. The van der Waals surface area contributed by atoms with Gasteiger partial charge in [0.2, 0.25) is 12.1 Å². The third kappa shape index (κ3) is 4.02. The number of fused-ring (bicyclic) bond motifs is 2. The van der Waals surface area contributed by atoms with Crippen molar-refractivity contribution in [2.24, 2.45) is 23.7 Å². The van der Waals surface area contributed by atoms with E-state index in [-0.39, 0.29) is 17.7 Å². The maximum absolute atomic E-state index is 12.6. The van der Waals surface area contributed by atoms with Crippen LogP contribution < -0.4 is 10.1 Å². The topological polar surface area (TPSA) is 75.3 Å². The number of rotatable bonds is 5. The van der Waals surface area contributed by atoms with E-state index in [1.807, 2.05) is 49.4 Å². The van der Waals surface area contributed by atoms with Crippen molar-refractivity contribution in [3.8, 4) is 5.75 Å². The van der Waals surface area contributed by atoms with Gasteiger partial charge in [0.15, 0.2) is 11.9 Å². The molecule has 4 heterocycles. The van der Waals surface area contributed by atoms with Gasteiger partial charge in [-0.1, -0.05) is 44.2 Å². The third-order valence-corrected chi connectivity index (χ3v) is 8.76. The lowest BCUT2D eigenvalue weighted by Gasteiger charge is -2.60. The van der Waals surface area contributed by atoms with Gasteiger partial charge < -0.3 is 19.5 Å². The summed E-state index contributed by atoms with van der Waals surface area (Å²) in [6.07, 6.45) is 2.92. The predicted molar refractivity (Wildman–Crippen MR) is 132 cm³/mol. The van der Waals surface area contributed by atoms with Crippen molar-refractivity contribution < 1.29 is 28.8 Å². The second kappa shape index (κ2) is 9.14. The Bertz CT molecular complexity index is 1090. The van der Waals surface area contributed by atoms with Gasteiger partial charge in [-0.2, -0.15) is 0 Å². The van der Waals surface area contributed by atoms with Gasteiger partial charge in [-0.25, -0.2) is 9.78 Å². The van der Waals surface area contributed by atoms with Gasteiger partial charge in [0.1, 0.15) is 5.75 Å². The van der Waals surface area contributed by atoms with Crippen molar-refractivity contribution in [3.05, 3.63) is 65.7 Å². The fourth-order valence-electron chi connectivity index (χ4n) is 6.71. The number of hydrogen-bond acceptors (Lipinski definition) is 6. The van der Waals surface area contributed by atoms with Crippen LogP contribution in [0.3, 0.4) is 0 Å². The van der Waals surface area contributed by atoms with Crippen LogP contribution in [-0.4, -0.2) is 29.9 Å². The molecule has 1 amide bonds. The summed E-state index contributed by atoms with van der Waals surface area (Å²) in [5.41, 5.74) is 1.04. The summed E-state index contributed by atoms with van der Waals surface area (Å²) >= 11 is 0. The SMILES string of the molecule is C[C@@H]1CCC2[C@@H](C)[C@@H](Oc3ccc(C(=O)NCc4ccccc4)cc3)OC3OC4(C)CCC1[C@]32OO4. The highest BCUT2D eigenvalue weighted by molar-refractivity contribution is 5.94. The number of nitrogens with one attached hydrogen (secondary N) is 1. The zero-order valence-electron chi connectivity index (χ0n) is 21.1. The van der Waals surface area contributed by atoms with Crippen LogP contribution in [0.4, 0.5) is 0 Å². The van der Waals surface area contributed by atoms with Crippen molar-refractivity contribution >= 4 is 5.91 Å². The van der Waals surface area contributed by atoms with Gasteiger partial charge >= 0.3 is 0 Å². The molecule has 2 aromatic rings. The smallest absolute Gasteiger partial charge is 0.251 e. The van der Waals surface area contributed by atoms with E-state index in [1.165, 1.54) is 0 Å². The Hall–Kier alpha value is -2.45. The highest BCUT2D eigenvalue weighted by Gasteiger charge is 2.69. The number of hydrogen-bond donors (Lipinski definition) is 1. The van der Waals surface area contributed by atoms with Crippen molar-refractivity contribution in [2.45, 2.75) is 77.0 Å². The van der Waals surface area contributed by atoms with E-state index >= 15 is 0 Å². The molecule has 4 saturated heterocycles. The molecule has 2 aromatic carbocycles. The molecule has 7 heteroatoms. The number of ether oxygens (including phenoxy) is 3. The summed E-state index contributed by atoms with van der Waals surface area (Å²) in [5.74, 6) is 0.855. The molecule has 8 atom stereocenters. The molecule has 4 aliphatic heterocycles. The molecule has 1 aliphatic carbocycles. The number of carbonyl (C=O) groups is 1. The minimum Gasteiger partial charge on any atom is -0.465 e. The summed E-state index contributed by atoms with van der Waals surface area (Å²) in [6.45, 7) is 6.89. The number of carbonyl (C=O) groups excluding carboxylic acids is 1. The van der Waals surface area contributed by atoms with E-state index in [4.69, 9.17) is 24.0 Å². The second-order valence-electron chi connectivity index (χ2n) is 11.1. The molecular weight excluding hydrogens is 458 g/mol. The summed E-state index contributed by atoms with van der Waals surface area (Å²) in [4.78, 5) is 24.7. The molecule has 4 unspecified atom stereocenters. The molecule has 2 bridgehead atoms. The Kier molecular flexibility index (Phi) is 6.07. The molecule has 0 aromatic heterocycles. The lowest BCUT2D eigenvalue weighted by atomic mass is 9.58. The van der Waals surface area contributed by atoms with Crippen molar-refractivity contribution in [1.82, 2.24) is 5.32 Å². The average Bonchev–Trinajstić information content (AvgIpc) is 3.12. The van der Waals surface area contributed by atoms with Crippen LogP contribution in [0.1, 0.15) is 62.4 Å². The predicted octanol–water partition coefficient (Wildman–Crippen LogP) is 5.20. The van der Waals surface area contributed by atoms with E-state index in [9.17, 15) is 4.79 Å². The molecule has 192 valence electrons. The summed E-state index contributed by atoms with van der Waals surface area (Å²) in [5, 5.41) is 2.96. The summed E-state index contributed by atoms with van der Waals surface area (Å²) in [7, 11) is 0. The molecule has 5 fully saturated rings. The Labute approximate surface area is 212 Å². The van der Waals surface area contributed by atoms with Crippen molar-refractivity contribution in [1.29, 1.82) is 0 Å². The molecular formula is C29H35NO6. The highest BCUT2D eigenvalue weighted by atomic mass is 17.3. The average molecular weight is 494 g/mol. The van der Waals surface area contributed by atoms with E-state index in [0.717, 1.165) is 31.2 Å². The first-order valence-corrected chi connectivity index (χ1v) is 13.2. The Morgan fingerprint density at radius 2 is 1.78 bits per heavy atom. The standard InChI is InChI=1S/C29H35NO6/c1-18-9-14-24-19(2)26(33-27-29(24)23(18)15-16-28(3,34-27)35-36-29)32-22-12-10-21(11-13-22)25(31)30-17-20-7-5-4-6-8-20/h4-8,10-13,18-19,23-24,26-27H,9,14-17H2,1-3H3,(H,30,31)/t18-,19-,23?,24?,26+,27?,28?,29-/m1/s1.